The second-order valence-electron chi connectivity index (χ2n) is 13.9. The van der Waals surface area contributed by atoms with Gasteiger partial charge in [0.2, 0.25) is 5.91 Å². The first-order valence-corrected chi connectivity index (χ1v) is 20.0. The van der Waals surface area contributed by atoms with E-state index in [1.54, 1.807) is 0 Å². The Kier molecular flexibility index (Phi) is 28.9. The highest BCUT2D eigenvalue weighted by Crippen LogP contribution is 2.38. The fraction of sp³-hybridized carbons (Fsp3) is 0.917. The molecule has 0 rings (SSSR count). The average molecular weight is 661 g/mol. The molecule has 0 aliphatic carbocycles. The SMILES string of the molecule is CCCCCCC/C=C/CCCC[C@@H](O)[C@H](COP(=O)([O-])OCC[N+](C)(C)C)NC(=O)CCCCCCCCCCCCCC. The summed E-state index contributed by atoms with van der Waals surface area (Å²) in [5.41, 5.74) is 0. The molecule has 8 nitrogen and oxygen atoms in total. The van der Waals surface area contributed by atoms with Crippen LogP contribution in [-0.4, -0.2) is 68.5 Å². The minimum atomic E-state index is -4.55. The van der Waals surface area contributed by atoms with Crippen molar-refractivity contribution < 1.29 is 32.9 Å². The molecule has 0 fully saturated rings. The van der Waals surface area contributed by atoms with E-state index in [0.717, 1.165) is 44.9 Å². The minimum absolute atomic E-state index is 0.00900. The number of hydrogen-bond donors (Lipinski definition) is 2. The maximum Gasteiger partial charge on any atom is 0.268 e. The van der Waals surface area contributed by atoms with Gasteiger partial charge in [-0.1, -0.05) is 129 Å². The Bertz CT molecular complexity index is 758. The lowest BCUT2D eigenvalue weighted by molar-refractivity contribution is -0.870. The summed E-state index contributed by atoms with van der Waals surface area (Å²) in [5.74, 6) is -0.178. The number of aliphatic hydroxyl groups excluding tert-OH is 1. The molecule has 0 aromatic carbocycles. The van der Waals surface area contributed by atoms with Gasteiger partial charge in [-0.05, 0) is 38.5 Å². The number of phosphoric ester groups is 1. The van der Waals surface area contributed by atoms with Crippen molar-refractivity contribution in [1.82, 2.24) is 5.32 Å². The molecule has 268 valence electrons. The predicted molar refractivity (Wildman–Crippen MR) is 187 cm³/mol. The molecule has 0 saturated carbocycles. The van der Waals surface area contributed by atoms with Crippen LogP contribution in [0.4, 0.5) is 0 Å². The highest BCUT2D eigenvalue weighted by molar-refractivity contribution is 7.45. The van der Waals surface area contributed by atoms with Crippen molar-refractivity contribution in [3.8, 4) is 0 Å². The van der Waals surface area contributed by atoms with Gasteiger partial charge in [-0.25, -0.2) is 0 Å². The number of unbranched alkanes of at least 4 members (excludes halogenated alkanes) is 18. The molecular formula is C36H73N2O6P. The molecule has 2 N–H and O–H groups in total. The summed E-state index contributed by atoms with van der Waals surface area (Å²) < 4.78 is 23.1. The lowest BCUT2D eigenvalue weighted by Crippen LogP contribution is -2.46. The zero-order valence-corrected chi connectivity index (χ0v) is 31.0. The van der Waals surface area contributed by atoms with Crippen LogP contribution in [0.15, 0.2) is 12.2 Å². The van der Waals surface area contributed by atoms with Crippen LogP contribution < -0.4 is 10.2 Å². The predicted octanol–water partition coefficient (Wildman–Crippen LogP) is 8.61. The smallest absolute Gasteiger partial charge is 0.268 e. The van der Waals surface area contributed by atoms with Gasteiger partial charge in [0.25, 0.3) is 7.82 Å². The Hall–Kier alpha value is -0.760. The second kappa shape index (κ2) is 29.4. The summed E-state index contributed by atoms with van der Waals surface area (Å²) in [4.78, 5) is 25.1. The maximum absolute atomic E-state index is 12.7. The van der Waals surface area contributed by atoms with Gasteiger partial charge in [0, 0.05) is 6.42 Å². The van der Waals surface area contributed by atoms with Crippen molar-refractivity contribution in [3.05, 3.63) is 12.2 Å². The van der Waals surface area contributed by atoms with E-state index in [9.17, 15) is 19.4 Å². The van der Waals surface area contributed by atoms with Crippen molar-refractivity contribution in [2.24, 2.45) is 0 Å². The van der Waals surface area contributed by atoms with E-state index >= 15 is 0 Å². The minimum Gasteiger partial charge on any atom is -0.756 e. The van der Waals surface area contributed by atoms with Gasteiger partial charge in [0.05, 0.1) is 39.9 Å². The summed E-state index contributed by atoms with van der Waals surface area (Å²) in [6.07, 6.45) is 29.2. The highest BCUT2D eigenvalue weighted by Gasteiger charge is 2.24. The first-order chi connectivity index (χ1) is 21.5. The van der Waals surface area contributed by atoms with Crippen LogP contribution in [0.25, 0.3) is 0 Å². The number of carbonyl (C=O) groups is 1. The van der Waals surface area contributed by atoms with Crippen LogP contribution in [0, 0.1) is 0 Å². The van der Waals surface area contributed by atoms with Crippen LogP contribution in [0.1, 0.15) is 162 Å². The fourth-order valence-corrected chi connectivity index (χ4v) is 5.93. The summed E-state index contributed by atoms with van der Waals surface area (Å²) >= 11 is 0. The Morgan fingerprint density at radius 2 is 1.22 bits per heavy atom. The van der Waals surface area contributed by atoms with Crippen molar-refractivity contribution in [3.63, 3.8) is 0 Å². The number of hydrogen-bond acceptors (Lipinski definition) is 6. The summed E-state index contributed by atoms with van der Waals surface area (Å²) in [7, 11) is 1.29. The van der Waals surface area contributed by atoms with E-state index in [2.05, 4.69) is 31.3 Å². The van der Waals surface area contributed by atoms with E-state index in [1.165, 1.54) is 89.9 Å². The molecule has 0 radical (unpaired) electrons. The summed E-state index contributed by atoms with van der Waals surface area (Å²) in [6.45, 7) is 4.65. The van der Waals surface area contributed by atoms with Gasteiger partial charge in [0.15, 0.2) is 0 Å². The van der Waals surface area contributed by atoms with Crippen molar-refractivity contribution in [1.29, 1.82) is 0 Å². The number of aliphatic hydroxyl groups is 1. The topological polar surface area (TPSA) is 108 Å². The molecule has 0 heterocycles. The number of carbonyl (C=O) groups excluding carboxylic acids is 1. The Balaban J connectivity index is 4.52. The van der Waals surface area contributed by atoms with E-state index in [0.29, 0.717) is 23.9 Å². The van der Waals surface area contributed by atoms with E-state index in [1.807, 2.05) is 21.1 Å². The first-order valence-electron chi connectivity index (χ1n) is 18.5. The number of rotatable bonds is 33. The summed E-state index contributed by atoms with van der Waals surface area (Å²) in [6, 6.07) is -0.808. The van der Waals surface area contributed by atoms with Crippen LogP contribution in [0.2, 0.25) is 0 Å². The number of likely N-dealkylation sites (N-methyl/N-ethyl adjacent to an activating group) is 1. The van der Waals surface area contributed by atoms with Crippen LogP contribution >= 0.6 is 7.82 Å². The number of phosphoric acid groups is 1. The second-order valence-corrected chi connectivity index (χ2v) is 15.3. The van der Waals surface area contributed by atoms with E-state index < -0.39 is 20.0 Å². The van der Waals surface area contributed by atoms with Gasteiger partial charge in [-0.3, -0.25) is 9.36 Å². The first kappa shape index (κ1) is 44.2. The normalized spacial score (nSPS) is 14.9. The van der Waals surface area contributed by atoms with Crippen LogP contribution in [-0.2, 0) is 18.4 Å². The third-order valence-electron chi connectivity index (χ3n) is 8.25. The standard InChI is InChI=1S/C36H73N2O6P/c1-6-8-10-12-14-16-18-20-22-24-26-28-30-36(40)37-34(33-44-45(41,42)43-32-31-38(3,4)5)35(39)29-27-25-23-21-19-17-15-13-11-9-7-2/h19,21,34-35,39H,6-18,20,22-33H2,1-5H3,(H-,37,40,41,42)/b21-19+/t34-,35+/m0/s1. The highest BCUT2D eigenvalue weighted by atomic mass is 31.2. The molecule has 0 aliphatic rings. The number of amides is 1. The van der Waals surface area contributed by atoms with Crippen LogP contribution in [0.5, 0.6) is 0 Å². The van der Waals surface area contributed by atoms with E-state index in [-0.39, 0.29) is 19.1 Å². The van der Waals surface area contributed by atoms with Gasteiger partial charge >= 0.3 is 0 Å². The monoisotopic (exact) mass is 661 g/mol. The molecule has 0 bridgehead atoms. The third-order valence-corrected chi connectivity index (χ3v) is 9.22. The molecule has 0 aromatic rings. The molecule has 1 amide bonds. The molecule has 1 unspecified atom stereocenters. The van der Waals surface area contributed by atoms with Gasteiger partial charge in [0.1, 0.15) is 13.2 Å². The quantitative estimate of drug-likeness (QED) is 0.0316. The molecule has 0 aromatic heterocycles. The average Bonchev–Trinajstić information content (AvgIpc) is 2.97. The molecular weight excluding hydrogens is 587 g/mol. The molecule has 3 atom stereocenters. The molecule has 45 heavy (non-hydrogen) atoms. The molecule has 0 aliphatic heterocycles. The van der Waals surface area contributed by atoms with E-state index in [4.69, 9.17) is 9.05 Å². The lowest BCUT2D eigenvalue weighted by atomic mass is 10.0. The van der Waals surface area contributed by atoms with Crippen molar-refractivity contribution >= 4 is 13.7 Å². The summed E-state index contributed by atoms with van der Waals surface area (Å²) in [5, 5.41) is 13.8. The fourth-order valence-electron chi connectivity index (χ4n) is 5.21. The number of nitrogens with one attached hydrogen (secondary N) is 1. The van der Waals surface area contributed by atoms with Gasteiger partial charge in [-0.15, -0.1) is 0 Å². The maximum atomic E-state index is 12.7. The van der Waals surface area contributed by atoms with Gasteiger partial charge < -0.3 is 28.8 Å². The number of nitrogens with zero attached hydrogens (tertiary/aromatic N) is 1. The largest absolute Gasteiger partial charge is 0.756 e. The van der Waals surface area contributed by atoms with Gasteiger partial charge in [-0.2, -0.15) is 0 Å². The zero-order chi connectivity index (χ0) is 33.7. The number of allylic oxidation sites excluding steroid dienone is 2. The number of quaternary nitrogens is 1. The van der Waals surface area contributed by atoms with Crippen molar-refractivity contribution in [2.45, 2.75) is 174 Å². The van der Waals surface area contributed by atoms with Crippen LogP contribution in [0.3, 0.4) is 0 Å². The zero-order valence-electron chi connectivity index (χ0n) is 30.1. The molecule has 0 saturated heterocycles. The van der Waals surface area contributed by atoms with Crippen molar-refractivity contribution in [2.75, 3.05) is 40.9 Å². The molecule has 9 heteroatoms. The Labute approximate surface area is 278 Å². The third kappa shape index (κ3) is 31.6. The molecule has 0 spiro atoms. The lowest BCUT2D eigenvalue weighted by Gasteiger charge is -2.30. The Morgan fingerprint density at radius 3 is 1.73 bits per heavy atom. The Morgan fingerprint density at radius 1 is 0.756 bits per heavy atom.